The minimum absolute atomic E-state index is 0.250. The van der Waals surface area contributed by atoms with Crippen LogP contribution in [0.5, 0.6) is 0 Å². The molecule has 3 nitrogen and oxygen atoms in total. The second-order valence-electron chi connectivity index (χ2n) is 5.10. The van der Waals surface area contributed by atoms with Crippen molar-refractivity contribution in [1.82, 2.24) is 4.98 Å². The van der Waals surface area contributed by atoms with Gasteiger partial charge < -0.3 is 4.74 Å². The smallest absolute Gasteiger partial charge is 0.356 e. The van der Waals surface area contributed by atoms with E-state index in [1.165, 1.54) is 7.11 Å². The van der Waals surface area contributed by atoms with Gasteiger partial charge in [-0.1, -0.05) is 47.5 Å². The van der Waals surface area contributed by atoms with Crippen LogP contribution in [0.3, 0.4) is 0 Å². The van der Waals surface area contributed by atoms with Crippen molar-refractivity contribution in [2.24, 2.45) is 0 Å². The van der Waals surface area contributed by atoms with E-state index in [1.54, 1.807) is 18.2 Å². The molecule has 0 saturated heterocycles. The highest BCUT2D eigenvalue weighted by molar-refractivity contribution is 6.31. The summed E-state index contributed by atoms with van der Waals surface area (Å²) in [6.07, 6.45) is 0. The molecule has 0 atom stereocenters. The van der Waals surface area contributed by atoms with Gasteiger partial charge in [0, 0.05) is 21.2 Å². The molecule has 5 heteroatoms. The zero-order valence-electron chi connectivity index (χ0n) is 12.8. The molecule has 0 aliphatic carbocycles. The fraction of sp³-hybridized carbons (Fsp3) is 0.0526. The lowest BCUT2D eigenvalue weighted by Crippen LogP contribution is -2.05. The van der Waals surface area contributed by atoms with Crippen LogP contribution in [0.15, 0.2) is 60.7 Å². The lowest BCUT2D eigenvalue weighted by molar-refractivity contribution is 0.0594. The molecule has 0 radical (unpaired) electrons. The minimum Gasteiger partial charge on any atom is -0.464 e. The number of carbonyl (C=O) groups excluding carboxylic acids is 1. The Morgan fingerprint density at radius 2 is 1.38 bits per heavy atom. The number of benzene rings is 2. The first kappa shape index (κ1) is 16.5. The monoisotopic (exact) mass is 357 g/mol. The molecular formula is C19H13Cl2NO2. The standard InChI is InChI=1S/C19H13Cl2NO2/c1-24-19(23)17-11-10-16(12-2-6-14(20)7-3-12)18(22-17)13-4-8-15(21)9-5-13/h2-11H,1H3. The summed E-state index contributed by atoms with van der Waals surface area (Å²) < 4.78 is 4.77. The van der Waals surface area contributed by atoms with Gasteiger partial charge in [-0.2, -0.15) is 0 Å². The topological polar surface area (TPSA) is 39.2 Å². The SMILES string of the molecule is COC(=O)c1ccc(-c2ccc(Cl)cc2)c(-c2ccc(Cl)cc2)n1. The first-order valence-corrected chi connectivity index (χ1v) is 7.95. The largest absolute Gasteiger partial charge is 0.464 e. The van der Waals surface area contributed by atoms with Gasteiger partial charge in [0.2, 0.25) is 0 Å². The summed E-state index contributed by atoms with van der Waals surface area (Å²) in [4.78, 5) is 16.3. The average molecular weight is 358 g/mol. The van der Waals surface area contributed by atoms with Crippen molar-refractivity contribution in [2.45, 2.75) is 0 Å². The number of pyridine rings is 1. The van der Waals surface area contributed by atoms with E-state index in [0.29, 0.717) is 15.7 Å². The van der Waals surface area contributed by atoms with Crippen LogP contribution in [-0.2, 0) is 4.74 Å². The lowest BCUT2D eigenvalue weighted by Gasteiger charge is -2.11. The highest BCUT2D eigenvalue weighted by Crippen LogP contribution is 2.32. The van der Waals surface area contributed by atoms with Crippen LogP contribution in [0.2, 0.25) is 10.0 Å². The zero-order chi connectivity index (χ0) is 17.1. The zero-order valence-corrected chi connectivity index (χ0v) is 14.3. The molecule has 3 rings (SSSR count). The summed E-state index contributed by atoms with van der Waals surface area (Å²) in [5, 5.41) is 1.29. The Hall–Kier alpha value is -2.36. The molecule has 0 spiro atoms. The number of hydrogen-bond donors (Lipinski definition) is 0. The Labute approximate surface area is 149 Å². The van der Waals surface area contributed by atoms with E-state index in [0.717, 1.165) is 16.7 Å². The van der Waals surface area contributed by atoms with E-state index < -0.39 is 5.97 Å². The van der Waals surface area contributed by atoms with Crippen molar-refractivity contribution in [3.8, 4) is 22.4 Å². The van der Waals surface area contributed by atoms with Gasteiger partial charge in [-0.05, 0) is 42.0 Å². The third-order valence-electron chi connectivity index (χ3n) is 3.56. The van der Waals surface area contributed by atoms with E-state index in [9.17, 15) is 4.79 Å². The van der Waals surface area contributed by atoms with Gasteiger partial charge >= 0.3 is 5.97 Å². The summed E-state index contributed by atoms with van der Waals surface area (Å²) in [6, 6.07) is 18.3. The normalized spacial score (nSPS) is 10.5. The number of aromatic nitrogens is 1. The van der Waals surface area contributed by atoms with Crippen LogP contribution in [0.4, 0.5) is 0 Å². The van der Waals surface area contributed by atoms with Crippen molar-refractivity contribution in [3.63, 3.8) is 0 Å². The molecule has 0 aliphatic heterocycles. The van der Waals surface area contributed by atoms with Gasteiger partial charge in [0.15, 0.2) is 0 Å². The fourth-order valence-electron chi connectivity index (χ4n) is 2.37. The number of methoxy groups -OCH3 is 1. The fourth-order valence-corrected chi connectivity index (χ4v) is 2.62. The Kier molecular flexibility index (Phi) is 4.84. The first-order chi connectivity index (χ1) is 11.6. The predicted octanol–water partition coefficient (Wildman–Crippen LogP) is 5.51. The molecule has 0 aliphatic rings. The summed E-state index contributed by atoms with van der Waals surface area (Å²) in [5.41, 5.74) is 3.63. The molecule has 0 amide bonds. The molecule has 3 aromatic rings. The molecule has 2 aromatic carbocycles. The average Bonchev–Trinajstić information content (AvgIpc) is 2.62. The van der Waals surface area contributed by atoms with Crippen LogP contribution in [0.1, 0.15) is 10.5 Å². The molecular weight excluding hydrogens is 345 g/mol. The van der Waals surface area contributed by atoms with Gasteiger partial charge in [-0.25, -0.2) is 9.78 Å². The Bertz CT molecular complexity index is 875. The van der Waals surface area contributed by atoms with Crippen molar-refractivity contribution in [2.75, 3.05) is 7.11 Å². The molecule has 1 aromatic heterocycles. The molecule has 120 valence electrons. The number of nitrogens with zero attached hydrogens (tertiary/aromatic N) is 1. The van der Waals surface area contributed by atoms with E-state index in [2.05, 4.69) is 4.98 Å². The number of rotatable bonds is 3. The second kappa shape index (κ2) is 7.04. The summed E-state index contributed by atoms with van der Waals surface area (Å²) >= 11 is 11.9. The van der Waals surface area contributed by atoms with Crippen molar-refractivity contribution >= 4 is 29.2 Å². The molecule has 0 N–H and O–H groups in total. The molecule has 1 heterocycles. The number of esters is 1. The van der Waals surface area contributed by atoms with E-state index in [-0.39, 0.29) is 5.69 Å². The lowest BCUT2D eigenvalue weighted by atomic mass is 9.99. The predicted molar refractivity (Wildman–Crippen MR) is 96.5 cm³/mol. The van der Waals surface area contributed by atoms with Crippen molar-refractivity contribution in [1.29, 1.82) is 0 Å². The molecule has 0 fully saturated rings. The summed E-state index contributed by atoms with van der Waals surface area (Å²) in [5.74, 6) is -0.479. The van der Waals surface area contributed by atoms with E-state index in [1.807, 2.05) is 42.5 Å². The van der Waals surface area contributed by atoms with Crippen molar-refractivity contribution < 1.29 is 9.53 Å². The quantitative estimate of drug-likeness (QED) is 0.580. The maximum absolute atomic E-state index is 11.8. The Balaban J connectivity index is 2.19. The van der Waals surface area contributed by atoms with Gasteiger partial charge in [-0.15, -0.1) is 0 Å². The number of ether oxygens (including phenoxy) is 1. The molecule has 0 saturated carbocycles. The number of carbonyl (C=O) groups is 1. The maximum Gasteiger partial charge on any atom is 0.356 e. The summed E-state index contributed by atoms with van der Waals surface area (Å²) in [7, 11) is 1.33. The third-order valence-corrected chi connectivity index (χ3v) is 4.07. The van der Waals surface area contributed by atoms with Crippen LogP contribution >= 0.6 is 23.2 Å². The van der Waals surface area contributed by atoms with Gasteiger partial charge in [0.1, 0.15) is 5.69 Å². The van der Waals surface area contributed by atoms with Crippen LogP contribution in [0, 0.1) is 0 Å². The molecule has 0 unspecified atom stereocenters. The van der Waals surface area contributed by atoms with Crippen LogP contribution < -0.4 is 0 Å². The van der Waals surface area contributed by atoms with Gasteiger partial charge in [-0.3, -0.25) is 0 Å². The Morgan fingerprint density at radius 3 is 1.92 bits per heavy atom. The van der Waals surface area contributed by atoms with Crippen LogP contribution in [-0.4, -0.2) is 18.1 Å². The maximum atomic E-state index is 11.8. The van der Waals surface area contributed by atoms with Gasteiger partial charge in [0.05, 0.1) is 12.8 Å². The third kappa shape index (κ3) is 3.42. The van der Waals surface area contributed by atoms with Gasteiger partial charge in [0.25, 0.3) is 0 Å². The highest BCUT2D eigenvalue weighted by Gasteiger charge is 2.14. The van der Waals surface area contributed by atoms with E-state index >= 15 is 0 Å². The Morgan fingerprint density at radius 1 is 0.833 bits per heavy atom. The number of halogens is 2. The van der Waals surface area contributed by atoms with Crippen LogP contribution in [0.25, 0.3) is 22.4 Å². The van der Waals surface area contributed by atoms with Crippen molar-refractivity contribution in [3.05, 3.63) is 76.4 Å². The number of hydrogen-bond acceptors (Lipinski definition) is 3. The molecule has 24 heavy (non-hydrogen) atoms. The van der Waals surface area contributed by atoms with E-state index in [4.69, 9.17) is 27.9 Å². The second-order valence-corrected chi connectivity index (χ2v) is 5.97. The first-order valence-electron chi connectivity index (χ1n) is 7.20. The summed E-state index contributed by atoms with van der Waals surface area (Å²) in [6.45, 7) is 0. The highest BCUT2D eigenvalue weighted by atomic mass is 35.5. The molecule has 0 bridgehead atoms. The minimum atomic E-state index is -0.479.